The topological polar surface area (TPSA) is 58.2 Å². The zero-order valence-corrected chi connectivity index (χ0v) is 11.0. The summed E-state index contributed by atoms with van der Waals surface area (Å²) in [5.74, 6) is -0.496. The van der Waals surface area contributed by atoms with Gasteiger partial charge in [-0.05, 0) is 11.1 Å². The Kier molecular flexibility index (Phi) is 4.15. The van der Waals surface area contributed by atoms with Crippen LogP contribution in [0.3, 0.4) is 0 Å². The molecule has 1 aromatic rings. The second-order valence-corrected chi connectivity index (χ2v) is 4.40. The lowest BCUT2D eigenvalue weighted by atomic mass is 9.98. The average molecular weight is 268 g/mol. The minimum absolute atomic E-state index is 0.238. The molecule has 1 heterocycles. The van der Waals surface area contributed by atoms with Gasteiger partial charge in [-0.3, -0.25) is 9.59 Å². The summed E-state index contributed by atoms with van der Waals surface area (Å²) in [6.45, 7) is 7.23. The molecule has 20 heavy (non-hydrogen) atoms. The van der Waals surface area contributed by atoms with E-state index in [-0.39, 0.29) is 11.8 Å². The normalized spacial score (nSPS) is 22.7. The molecule has 2 amide bonds. The van der Waals surface area contributed by atoms with Crippen molar-refractivity contribution in [3.8, 4) is 0 Å². The van der Waals surface area contributed by atoms with E-state index in [9.17, 15) is 9.59 Å². The number of piperazine rings is 1. The van der Waals surface area contributed by atoms with E-state index in [1.54, 1.807) is 24.3 Å². The first-order valence-corrected chi connectivity index (χ1v) is 6.28. The maximum absolute atomic E-state index is 12.2. The third kappa shape index (κ3) is 2.69. The summed E-state index contributed by atoms with van der Waals surface area (Å²) in [5.41, 5.74) is 1.36. The summed E-state index contributed by atoms with van der Waals surface area (Å²) in [6, 6.07) is 7.74. The summed E-state index contributed by atoms with van der Waals surface area (Å²) in [4.78, 5) is 24.3. The highest BCUT2D eigenvalue weighted by Crippen LogP contribution is 2.18. The minimum atomic E-state index is -0.724. The Morgan fingerprint density at radius 1 is 1.05 bits per heavy atom. The van der Waals surface area contributed by atoms with E-state index < -0.39 is 12.1 Å². The van der Waals surface area contributed by atoms with Gasteiger partial charge in [0.2, 0.25) is 11.8 Å². The highest BCUT2D eigenvalue weighted by Gasteiger charge is 2.35. The zero-order valence-electron chi connectivity index (χ0n) is 11.0. The van der Waals surface area contributed by atoms with Gasteiger partial charge in [0.15, 0.2) is 0 Å². The number of allylic oxidation sites excluding steroid dienone is 2. The Labute approximate surface area is 117 Å². The van der Waals surface area contributed by atoms with Crippen molar-refractivity contribution in [2.24, 2.45) is 0 Å². The largest absolute Gasteiger partial charge is 0.338 e. The number of hydrogen-bond donors (Lipinski definition) is 2. The summed E-state index contributed by atoms with van der Waals surface area (Å²) in [7, 11) is 0. The quantitative estimate of drug-likeness (QED) is 0.816. The number of carbonyl (C=O) groups is 2. The van der Waals surface area contributed by atoms with Crippen molar-refractivity contribution >= 4 is 11.8 Å². The number of nitrogens with one attached hydrogen (secondary N) is 2. The van der Waals surface area contributed by atoms with Crippen LogP contribution in [0.1, 0.15) is 11.6 Å². The van der Waals surface area contributed by atoms with Crippen LogP contribution in [0.25, 0.3) is 0 Å². The molecule has 0 bridgehead atoms. The third-order valence-corrected chi connectivity index (χ3v) is 3.11. The van der Waals surface area contributed by atoms with Gasteiger partial charge in [0.25, 0.3) is 0 Å². The van der Waals surface area contributed by atoms with Gasteiger partial charge in [0.1, 0.15) is 12.1 Å². The van der Waals surface area contributed by atoms with Crippen LogP contribution in [-0.4, -0.2) is 17.9 Å². The molecule has 0 radical (unpaired) electrons. The molecule has 2 atom stereocenters. The summed E-state index contributed by atoms with van der Waals surface area (Å²) in [6.07, 6.45) is 4.75. The van der Waals surface area contributed by atoms with E-state index in [1.165, 1.54) is 6.08 Å². The Balaban J connectivity index is 2.23. The maximum atomic E-state index is 12.2. The maximum Gasteiger partial charge on any atom is 0.248 e. The van der Waals surface area contributed by atoms with Crippen LogP contribution in [0, 0.1) is 0 Å². The smallest absolute Gasteiger partial charge is 0.248 e. The van der Waals surface area contributed by atoms with Crippen molar-refractivity contribution in [1.82, 2.24) is 10.6 Å². The molecule has 0 spiro atoms. The molecule has 1 aliphatic rings. The van der Waals surface area contributed by atoms with Gasteiger partial charge in [-0.2, -0.15) is 0 Å². The van der Waals surface area contributed by atoms with Crippen molar-refractivity contribution in [3.63, 3.8) is 0 Å². The fourth-order valence-corrected chi connectivity index (χ4v) is 2.12. The summed E-state index contributed by atoms with van der Waals surface area (Å²) < 4.78 is 0. The Bertz CT molecular complexity index is 575. The lowest BCUT2D eigenvalue weighted by molar-refractivity contribution is -0.135. The number of benzene rings is 1. The third-order valence-electron chi connectivity index (χ3n) is 3.11. The lowest BCUT2D eigenvalue weighted by Gasteiger charge is -2.30. The SMILES string of the molecule is C=C/C=C(\C=C)C1NC(=O)C(c2ccccc2)NC1=O. The molecule has 102 valence electrons. The molecule has 0 saturated carbocycles. The Morgan fingerprint density at radius 2 is 1.75 bits per heavy atom. The number of amides is 2. The molecule has 4 heteroatoms. The Hall–Kier alpha value is -2.62. The van der Waals surface area contributed by atoms with E-state index in [2.05, 4.69) is 23.8 Å². The molecule has 2 N–H and O–H groups in total. The van der Waals surface area contributed by atoms with Gasteiger partial charge < -0.3 is 10.6 Å². The molecule has 1 fully saturated rings. The van der Waals surface area contributed by atoms with Crippen LogP contribution in [0.2, 0.25) is 0 Å². The fourth-order valence-electron chi connectivity index (χ4n) is 2.12. The second-order valence-electron chi connectivity index (χ2n) is 4.40. The van der Waals surface area contributed by atoms with Crippen molar-refractivity contribution in [3.05, 3.63) is 72.9 Å². The molecular formula is C16H16N2O2. The van der Waals surface area contributed by atoms with Gasteiger partial charge in [-0.1, -0.05) is 61.7 Å². The summed E-state index contributed by atoms with van der Waals surface area (Å²) in [5, 5.41) is 5.44. The van der Waals surface area contributed by atoms with Crippen molar-refractivity contribution in [2.45, 2.75) is 12.1 Å². The standard InChI is InChI=1S/C16H16N2O2/c1-3-8-11(4-2)13-15(19)18-14(16(20)17-13)12-9-6-5-7-10-12/h3-10,13-14H,1-2H2,(H,17,20)(H,18,19)/b11-8+. The molecule has 0 aromatic heterocycles. The molecule has 4 nitrogen and oxygen atoms in total. The van der Waals surface area contributed by atoms with Crippen molar-refractivity contribution < 1.29 is 9.59 Å². The van der Waals surface area contributed by atoms with Crippen LogP contribution in [-0.2, 0) is 9.59 Å². The van der Waals surface area contributed by atoms with Gasteiger partial charge in [-0.25, -0.2) is 0 Å². The number of hydrogen-bond acceptors (Lipinski definition) is 2. The highest BCUT2D eigenvalue weighted by molar-refractivity contribution is 5.99. The van der Waals surface area contributed by atoms with Gasteiger partial charge >= 0.3 is 0 Å². The first-order chi connectivity index (χ1) is 9.67. The van der Waals surface area contributed by atoms with E-state index in [0.29, 0.717) is 5.57 Å². The monoisotopic (exact) mass is 268 g/mol. The van der Waals surface area contributed by atoms with Gasteiger partial charge in [0, 0.05) is 0 Å². The molecule has 2 unspecified atom stereocenters. The van der Waals surface area contributed by atoms with Crippen molar-refractivity contribution in [2.75, 3.05) is 0 Å². The predicted molar refractivity (Wildman–Crippen MR) is 77.7 cm³/mol. The fraction of sp³-hybridized carbons (Fsp3) is 0.125. The van der Waals surface area contributed by atoms with E-state index in [0.717, 1.165) is 5.56 Å². The predicted octanol–water partition coefficient (Wildman–Crippen LogP) is 1.64. The average Bonchev–Trinajstić information content (AvgIpc) is 2.48. The van der Waals surface area contributed by atoms with E-state index in [1.807, 2.05) is 18.2 Å². The molecule has 0 aliphatic carbocycles. The van der Waals surface area contributed by atoms with Crippen LogP contribution in [0.5, 0.6) is 0 Å². The van der Waals surface area contributed by atoms with Gasteiger partial charge in [-0.15, -0.1) is 0 Å². The number of rotatable bonds is 4. The van der Waals surface area contributed by atoms with Crippen LogP contribution >= 0.6 is 0 Å². The molecule has 1 aliphatic heterocycles. The van der Waals surface area contributed by atoms with E-state index >= 15 is 0 Å². The van der Waals surface area contributed by atoms with Crippen LogP contribution in [0.15, 0.2) is 67.3 Å². The van der Waals surface area contributed by atoms with Crippen LogP contribution in [0.4, 0.5) is 0 Å². The zero-order chi connectivity index (χ0) is 14.5. The molecule has 2 rings (SSSR count). The Morgan fingerprint density at radius 3 is 2.35 bits per heavy atom. The van der Waals surface area contributed by atoms with E-state index in [4.69, 9.17) is 0 Å². The van der Waals surface area contributed by atoms with Gasteiger partial charge in [0.05, 0.1) is 0 Å². The molecule has 1 saturated heterocycles. The summed E-state index contributed by atoms with van der Waals surface area (Å²) >= 11 is 0. The second kappa shape index (κ2) is 6.02. The lowest BCUT2D eigenvalue weighted by Crippen LogP contribution is -2.58. The van der Waals surface area contributed by atoms with Crippen molar-refractivity contribution in [1.29, 1.82) is 0 Å². The molecular weight excluding hydrogens is 252 g/mol. The molecule has 1 aromatic carbocycles. The first-order valence-electron chi connectivity index (χ1n) is 6.28. The first kappa shape index (κ1) is 13.8. The number of carbonyl (C=O) groups excluding carboxylic acids is 2. The van der Waals surface area contributed by atoms with Crippen LogP contribution < -0.4 is 10.6 Å². The minimum Gasteiger partial charge on any atom is -0.338 e. The highest BCUT2D eigenvalue weighted by atomic mass is 16.2.